The molecule has 1 unspecified atom stereocenters. The first-order chi connectivity index (χ1) is 8.61. The molecule has 1 aromatic rings. The molecule has 18 heavy (non-hydrogen) atoms. The van der Waals surface area contributed by atoms with E-state index < -0.39 is 24.0 Å². The summed E-state index contributed by atoms with van der Waals surface area (Å²) < 4.78 is 4.67. The molecule has 0 amide bonds. The average molecular weight is 269 g/mol. The lowest BCUT2D eigenvalue weighted by Gasteiger charge is -2.11. The van der Waals surface area contributed by atoms with Gasteiger partial charge in [0.15, 0.2) is 0 Å². The van der Waals surface area contributed by atoms with Gasteiger partial charge < -0.3 is 15.8 Å². The quantitative estimate of drug-likeness (QED) is 0.478. The molecular formula is C12H13ClN2O3. The maximum Gasteiger partial charge on any atom is 0.336 e. The van der Waals surface area contributed by atoms with Crippen molar-refractivity contribution in [2.24, 2.45) is 5.73 Å². The average Bonchev–Trinajstić information content (AvgIpc) is 2.81. The van der Waals surface area contributed by atoms with E-state index in [0.29, 0.717) is 6.42 Å². The Morgan fingerprint density at radius 2 is 2.22 bits per heavy atom. The molecule has 0 saturated carbocycles. The molecule has 96 valence electrons. The van der Waals surface area contributed by atoms with Gasteiger partial charge in [-0.2, -0.15) is 0 Å². The smallest absolute Gasteiger partial charge is 0.336 e. The molecule has 0 saturated heterocycles. The van der Waals surface area contributed by atoms with E-state index in [-0.39, 0.29) is 5.88 Å². The van der Waals surface area contributed by atoms with E-state index in [4.69, 9.17) is 17.3 Å². The fourth-order valence-corrected chi connectivity index (χ4v) is 1.87. The first kappa shape index (κ1) is 12.9. The minimum Gasteiger partial charge on any atom is -0.390 e. The van der Waals surface area contributed by atoms with E-state index in [1.807, 2.05) is 24.3 Å². The lowest BCUT2D eigenvalue weighted by atomic mass is 10.1. The van der Waals surface area contributed by atoms with Crippen molar-refractivity contribution in [1.82, 2.24) is 0 Å². The van der Waals surface area contributed by atoms with Gasteiger partial charge in [0.05, 0.1) is 0 Å². The van der Waals surface area contributed by atoms with Gasteiger partial charge >= 0.3 is 11.9 Å². The number of hydrogen-bond acceptors (Lipinski definition) is 5. The van der Waals surface area contributed by atoms with E-state index in [9.17, 15) is 9.59 Å². The molecule has 0 bridgehead atoms. The molecule has 3 N–H and O–H groups in total. The van der Waals surface area contributed by atoms with Crippen LogP contribution in [-0.2, 0) is 20.7 Å². The minimum atomic E-state index is -0.973. The van der Waals surface area contributed by atoms with Gasteiger partial charge in [0.1, 0.15) is 12.1 Å². The molecule has 1 aliphatic rings. The predicted molar refractivity (Wildman–Crippen MR) is 67.4 cm³/mol. The van der Waals surface area contributed by atoms with Crippen molar-refractivity contribution in [3.8, 4) is 0 Å². The van der Waals surface area contributed by atoms with Gasteiger partial charge in [0.25, 0.3) is 0 Å². The number of alkyl halides is 1. The van der Waals surface area contributed by atoms with Crippen molar-refractivity contribution in [2.45, 2.75) is 18.5 Å². The number of para-hydroxylation sites is 1. The predicted octanol–water partition coefficient (Wildman–Crippen LogP) is 0.659. The highest BCUT2D eigenvalue weighted by Gasteiger charge is 2.30. The van der Waals surface area contributed by atoms with Gasteiger partial charge in [-0.1, -0.05) is 18.2 Å². The summed E-state index contributed by atoms with van der Waals surface area (Å²) in [6.07, 6.45) is 0.498. The van der Waals surface area contributed by atoms with Crippen molar-refractivity contribution >= 4 is 29.2 Å². The van der Waals surface area contributed by atoms with Crippen LogP contribution in [0.1, 0.15) is 5.56 Å². The molecule has 0 aromatic heterocycles. The minimum absolute atomic E-state index is 0.0789. The number of benzene rings is 1. The van der Waals surface area contributed by atoms with Gasteiger partial charge in [-0.15, -0.1) is 11.6 Å². The monoisotopic (exact) mass is 268 g/mol. The summed E-state index contributed by atoms with van der Waals surface area (Å²) in [5.41, 5.74) is 7.27. The number of esters is 2. The zero-order valence-corrected chi connectivity index (χ0v) is 10.3. The van der Waals surface area contributed by atoms with Gasteiger partial charge in [-0.3, -0.25) is 0 Å². The number of rotatable bonds is 3. The number of ether oxygens (including phenoxy) is 1. The molecule has 0 radical (unpaired) electrons. The lowest BCUT2D eigenvalue weighted by molar-refractivity contribution is -0.160. The van der Waals surface area contributed by atoms with Crippen LogP contribution in [-0.4, -0.2) is 29.9 Å². The number of halogens is 1. The SMILES string of the molecule is N[C@@H](CCl)C(=O)OC(=O)C1Cc2ccccc2N1. The van der Waals surface area contributed by atoms with Crippen molar-refractivity contribution < 1.29 is 14.3 Å². The van der Waals surface area contributed by atoms with E-state index in [2.05, 4.69) is 10.1 Å². The number of anilines is 1. The van der Waals surface area contributed by atoms with Gasteiger partial charge in [0.2, 0.25) is 0 Å². The summed E-state index contributed by atoms with van der Waals surface area (Å²) in [7, 11) is 0. The molecule has 0 spiro atoms. The molecule has 2 atom stereocenters. The normalized spacial score (nSPS) is 18.7. The molecular weight excluding hydrogens is 256 g/mol. The Bertz CT molecular complexity index is 453. The van der Waals surface area contributed by atoms with Crippen LogP contribution in [0.5, 0.6) is 0 Å². The number of carbonyl (C=O) groups is 2. The van der Waals surface area contributed by atoms with E-state index >= 15 is 0 Å². The third-order valence-corrected chi connectivity index (χ3v) is 3.06. The van der Waals surface area contributed by atoms with Crippen molar-refractivity contribution in [1.29, 1.82) is 0 Å². The Morgan fingerprint density at radius 3 is 2.89 bits per heavy atom. The summed E-state index contributed by atoms with van der Waals surface area (Å²) >= 11 is 5.41. The third kappa shape index (κ3) is 2.63. The summed E-state index contributed by atoms with van der Waals surface area (Å²) in [5.74, 6) is -1.51. The van der Waals surface area contributed by atoms with Crippen LogP contribution in [0, 0.1) is 0 Å². The van der Waals surface area contributed by atoms with E-state index in [1.165, 1.54) is 0 Å². The van der Waals surface area contributed by atoms with Gasteiger partial charge in [-0.05, 0) is 11.6 Å². The molecule has 1 aliphatic heterocycles. The summed E-state index contributed by atoms with van der Waals surface area (Å²) in [6.45, 7) is 0. The maximum absolute atomic E-state index is 11.7. The Kier molecular flexibility index (Phi) is 3.84. The Hall–Kier alpha value is -1.59. The van der Waals surface area contributed by atoms with Crippen molar-refractivity contribution in [3.05, 3.63) is 29.8 Å². The zero-order chi connectivity index (χ0) is 13.1. The number of carbonyl (C=O) groups excluding carboxylic acids is 2. The first-order valence-electron chi connectivity index (χ1n) is 5.53. The van der Waals surface area contributed by atoms with Crippen molar-refractivity contribution in [2.75, 3.05) is 11.2 Å². The molecule has 1 heterocycles. The first-order valence-corrected chi connectivity index (χ1v) is 6.07. The molecule has 0 aliphatic carbocycles. The van der Waals surface area contributed by atoms with Crippen LogP contribution in [0.15, 0.2) is 24.3 Å². The number of nitrogens with two attached hydrogens (primary N) is 1. The highest BCUT2D eigenvalue weighted by atomic mass is 35.5. The van der Waals surface area contributed by atoms with Gasteiger partial charge in [-0.25, -0.2) is 9.59 Å². The Labute approximate surface area is 109 Å². The zero-order valence-electron chi connectivity index (χ0n) is 9.56. The second-order valence-corrected chi connectivity index (χ2v) is 4.37. The molecule has 1 aromatic carbocycles. The number of nitrogens with one attached hydrogen (secondary N) is 1. The van der Waals surface area contributed by atoms with E-state index in [1.54, 1.807) is 0 Å². The highest BCUT2D eigenvalue weighted by molar-refractivity contribution is 6.19. The Balaban J connectivity index is 1.95. The van der Waals surface area contributed by atoms with Crippen LogP contribution >= 0.6 is 11.6 Å². The second-order valence-electron chi connectivity index (χ2n) is 4.06. The molecule has 6 heteroatoms. The fraction of sp³-hybridized carbons (Fsp3) is 0.333. The van der Waals surface area contributed by atoms with Crippen molar-refractivity contribution in [3.63, 3.8) is 0 Å². The van der Waals surface area contributed by atoms with Crippen LogP contribution in [0.2, 0.25) is 0 Å². The lowest BCUT2D eigenvalue weighted by Crippen LogP contribution is -2.39. The second kappa shape index (κ2) is 5.37. The topological polar surface area (TPSA) is 81.4 Å². The summed E-state index contributed by atoms with van der Waals surface area (Å²) in [4.78, 5) is 23.1. The molecule has 2 rings (SSSR count). The number of fused-ring (bicyclic) bond motifs is 1. The van der Waals surface area contributed by atoms with E-state index in [0.717, 1.165) is 11.3 Å². The van der Waals surface area contributed by atoms with Crippen LogP contribution in [0.3, 0.4) is 0 Å². The maximum atomic E-state index is 11.7. The molecule has 0 fully saturated rings. The molecule has 5 nitrogen and oxygen atoms in total. The standard InChI is InChI=1S/C12H13ClN2O3/c13-6-8(14)11(16)18-12(17)10-5-7-3-1-2-4-9(7)15-10/h1-4,8,10,15H,5-6,14H2/t8-,10?/m0/s1. The Morgan fingerprint density at radius 1 is 1.50 bits per heavy atom. The van der Waals surface area contributed by atoms with Crippen LogP contribution in [0.25, 0.3) is 0 Å². The van der Waals surface area contributed by atoms with Gasteiger partial charge in [0, 0.05) is 18.0 Å². The fourth-order valence-electron chi connectivity index (χ4n) is 1.75. The van der Waals surface area contributed by atoms with Crippen LogP contribution in [0.4, 0.5) is 5.69 Å². The summed E-state index contributed by atoms with van der Waals surface area (Å²) in [5, 5.41) is 3.00. The van der Waals surface area contributed by atoms with Crippen LogP contribution < -0.4 is 11.1 Å². The largest absolute Gasteiger partial charge is 0.390 e. The third-order valence-electron chi connectivity index (χ3n) is 2.73. The number of hydrogen-bond donors (Lipinski definition) is 2. The highest BCUT2D eigenvalue weighted by Crippen LogP contribution is 2.25. The summed E-state index contributed by atoms with van der Waals surface area (Å²) in [6, 6.07) is 6.03.